The van der Waals surface area contributed by atoms with Crippen molar-refractivity contribution in [2.24, 2.45) is 0 Å². The van der Waals surface area contributed by atoms with Crippen LogP contribution in [0.2, 0.25) is 0 Å². The fraction of sp³-hybridized carbons (Fsp3) is 0.571. The molecule has 2 rings (SSSR count). The summed E-state index contributed by atoms with van der Waals surface area (Å²) in [5, 5.41) is 4.76. The highest BCUT2D eigenvalue weighted by Gasteiger charge is 2.19. The molecule has 0 unspecified atom stereocenters. The van der Waals surface area contributed by atoms with Gasteiger partial charge >= 0.3 is 0 Å². The van der Waals surface area contributed by atoms with E-state index in [1.54, 1.807) is 29.3 Å². The van der Waals surface area contributed by atoms with Crippen molar-refractivity contribution in [3.63, 3.8) is 0 Å². The summed E-state index contributed by atoms with van der Waals surface area (Å²) in [6, 6.07) is 6.50. The summed E-state index contributed by atoms with van der Waals surface area (Å²) >= 11 is 0. The van der Waals surface area contributed by atoms with E-state index in [9.17, 15) is 8.42 Å². The maximum Gasteiger partial charge on any atom is 0.253 e. The lowest BCUT2D eigenvalue weighted by atomic mass is 10.2. The lowest BCUT2D eigenvalue weighted by Crippen LogP contribution is -2.44. The second kappa shape index (κ2) is 7.74. The number of hydrogen-bond acceptors (Lipinski definition) is 5. The molecule has 1 saturated heterocycles. The van der Waals surface area contributed by atoms with E-state index >= 15 is 0 Å². The van der Waals surface area contributed by atoms with E-state index in [1.807, 2.05) is 7.05 Å². The Labute approximate surface area is 126 Å². The van der Waals surface area contributed by atoms with Crippen molar-refractivity contribution >= 4 is 10.0 Å². The van der Waals surface area contributed by atoms with Gasteiger partial charge in [-0.2, -0.15) is 0 Å². The Balaban J connectivity index is 1.95. The molecule has 1 fully saturated rings. The third kappa shape index (κ3) is 4.96. The molecule has 6 nitrogen and oxygen atoms in total. The zero-order valence-electron chi connectivity index (χ0n) is 12.3. The number of nitrogens with zero attached hydrogens (tertiary/aromatic N) is 1. The van der Waals surface area contributed by atoms with E-state index < -0.39 is 10.0 Å². The summed E-state index contributed by atoms with van der Waals surface area (Å²) in [4.78, 5) is 2.90. The summed E-state index contributed by atoms with van der Waals surface area (Å²) in [6.45, 7) is 2.83. The van der Waals surface area contributed by atoms with Crippen LogP contribution in [0.4, 0.5) is 0 Å². The predicted molar refractivity (Wildman–Crippen MR) is 81.6 cm³/mol. The summed E-state index contributed by atoms with van der Waals surface area (Å²) < 4.78 is 30.0. The molecule has 1 aromatic carbocycles. The number of hydrazine groups is 1. The highest BCUT2D eigenvalue weighted by molar-refractivity contribution is 7.89. The van der Waals surface area contributed by atoms with Crippen molar-refractivity contribution in [2.45, 2.75) is 24.2 Å². The Kier molecular flexibility index (Phi) is 5.98. The smallest absolute Gasteiger partial charge is 0.253 e. The van der Waals surface area contributed by atoms with E-state index in [0.29, 0.717) is 12.4 Å². The Hall–Kier alpha value is -1.15. The highest BCUT2D eigenvalue weighted by Crippen LogP contribution is 2.17. The zero-order chi connectivity index (χ0) is 15.1. The maximum absolute atomic E-state index is 12.3. The first-order chi connectivity index (χ1) is 10.1. The van der Waals surface area contributed by atoms with E-state index in [0.717, 1.165) is 38.9 Å². The normalized spacial score (nSPS) is 16.8. The van der Waals surface area contributed by atoms with Gasteiger partial charge in [0, 0.05) is 19.6 Å². The monoisotopic (exact) mass is 313 g/mol. The van der Waals surface area contributed by atoms with E-state index in [2.05, 4.69) is 10.1 Å². The van der Waals surface area contributed by atoms with Gasteiger partial charge in [0.1, 0.15) is 12.4 Å². The average Bonchev–Trinajstić information content (AvgIpc) is 2.49. The van der Waals surface area contributed by atoms with Gasteiger partial charge in [0.05, 0.1) is 4.90 Å². The molecule has 21 heavy (non-hydrogen) atoms. The minimum Gasteiger partial charge on any atom is -0.492 e. The van der Waals surface area contributed by atoms with E-state index in [-0.39, 0.29) is 4.90 Å². The van der Waals surface area contributed by atoms with E-state index in [1.165, 1.54) is 0 Å². The number of nitrogens with one attached hydrogen (secondary N) is 2. The lowest BCUT2D eigenvalue weighted by Gasteiger charge is -2.26. The second-order valence-corrected chi connectivity index (χ2v) is 6.73. The first-order valence-electron chi connectivity index (χ1n) is 7.27. The molecule has 0 atom stereocenters. The fourth-order valence-electron chi connectivity index (χ4n) is 2.19. The largest absolute Gasteiger partial charge is 0.492 e. The van der Waals surface area contributed by atoms with Crippen LogP contribution in [-0.2, 0) is 10.0 Å². The molecular formula is C14H23N3O3S. The SMILES string of the molecule is CNCCOc1ccc(S(=O)(=O)NN2CCCCC2)cc1. The third-order valence-electron chi connectivity index (χ3n) is 3.36. The van der Waals surface area contributed by atoms with Gasteiger partial charge in [-0.1, -0.05) is 6.42 Å². The van der Waals surface area contributed by atoms with Crippen LogP contribution in [0.1, 0.15) is 19.3 Å². The zero-order valence-corrected chi connectivity index (χ0v) is 13.2. The summed E-state index contributed by atoms with van der Waals surface area (Å²) in [7, 11) is -1.64. The van der Waals surface area contributed by atoms with Crippen LogP contribution in [0.5, 0.6) is 5.75 Å². The van der Waals surface area contributed by atoms with Crippen LogP contribution in [0.25, 0.3) is 0 Å². The lowest BCUT2D eigenvalue weighted by molar-refractivity contribution is 0.200. The average molecular weight is 313 g/mol. The molecule has 2 N–H and O–H groups in total. The molecule has 0 radical (unpaired) electrons. The van der Waals surface area contributed by atoms with Crippen molar-refractivity contribution < 1.29 is 13.2 Å². The standard InChI is InChI=1S/C14H23N3O3S/c1-15-9-12-20-13-5-7-14(8-6-13)21(18,19)16-17-10-3-2-4-11-17/h5-8,15-16H,2-4,9-12H2,1H3. The molecule has 1 aliphatic heterocycles. The van der Waals surface area contributed by atoms with Gasteiger partial charge in [-0.3, -0.25) is 0 Å². The first kappa shape index (κ1) is 16.2. The predicted octanol–water partition coefficient (Wildman–Crippen LogP) is 0.964. The van der Waals surface area contributed by atoms with Gasteiger partial charge < -0.3 is 10.1 Å². The van der Waals surface area contributed by atoms with Crippen LogP contribution >= 0.6 is 0 Å². The van der Waals surface area contributed by atoms with Gasteiger partial charge in [0.25, 0.3) is 10.0 Å². The molecule has 1 aromatic rings. The summed E-state index contributed by atoms with van der Waals surface area (Å²) in [5.74, 6) is 0.669. The number of benzene rings is 1. The number of ether oxygens (including phenoxy) is 1. The molecule has 0 saturated carbocycles. The van der Waals surface area contributed by atoms with Gasteiger partial charge in [0.15, 0.2) is 0 Å². The van der Waals surface area contributed by atoms with Crippen molar-refractivity contribution in [2.75, 3.05) is 33.3 Å². The number of rotatable bonds is 7. The van der Waals surface area contributed by atoms with Crippen LogP contribution < -0.4 is 14.9 Å². The molecule has 1 heterocycles. The van der Waals surface area contributed by atoms with Crippen LogP contribution in [-0.4, -0.2) is 46.7 Å². The molecule has 0 aromatic heterocycles. The van der Waals surface area contributed by atoms with Crippen LogP contribution in [0, 0.1) is 0 Å². The van der Waals surface area contributed by atoms with Crippen LogP contribution in [0.3, 0.4) is 0 Å². The van der Waals surface area contributed by atoms with Crippen molar-refractivity contribution in [3.8, 4) is 5.75 Å². The minimum absolute atomic E-state index is 0.258. The number of hydrogen-bond donors (Lipinski definition) is 2. The highest BCUT2D eigenvalue weighted by atomic mass is 32.2. The molecule has 1 aliphatic rings. The topological polar surface area (TPSA) is 70.7 Å². The molecule has 118 valence electrons. The fourth-order valence-corrected chi connectivity index (χ4v) is 3.32. The van der Waals surface area contributed by atoms with Crippen molar-refractivity contribution in [1.29, 1.82) is 0 Å². The Bertz CT molecular complexity index is 525. The number of likely N-dealkylation sites (N-methyl/N-ethyl adjacent to an activating group) is 1. The number of piperidine rings is 1. The quantitative estimate of drug-likeness (QED) is 0.734. The molecule has 0 aliphatic carbocycles. The van der Waals surface area contributed by atoms with Gasteiger partial charge in [-0.15, -0.1) is 4.83 Å². The van der Waals surface area contributed by atoms with E-state index in [4.69, 9.17) is 4.74 Å². The Morgan fingerprint density at radius 2 is 1.81 bits per heavy atom. The second-order valence-electron chi connectivity index (χ2n) is 5.07. The number of sulfonamides is 1. The van der Waals surface area contributed by atoms with Crippen LogP contribution in [0.15, 0.2) is 29.2 Å². The van der Waals surface area contributed by atoms with Gasteiger partial charge in [0.2, 0.25) is 0 Å². The summed E-state index contributed by atoms with van der Waals surface area (Å²) in [6.07, 6.45) is 3.22. The molecule has 0 bridgehead atoms. The first-order valence-corrected chi connectivity index (χ1v) is 8.75. The molecule has 0 spiro atoms. The third-order valence-corrected chi connectivity index (χ3v) is 4.75. The Morgan fingerprint density at radius 1 is 1.14 bits per heavy atom. The van der Waals surface area contributed by atoms with Crippen molar-refractivity contribution in [1.82, 2.24) is 15.2 Å². The maximum atomic E-state index is 12.3. The van der Waals surface area contributed by atoms with Gasteiger partial charge in [-0.25, -0.2) is 13.4 Å². The molecular weight excluding hydrogens is 290 g/mol. The minimum atomic E-state index is -3.49. The summed E-state index contributed by atoms with van der Waals surface area (Å²) in [5.41, 5.74) is 0. The Morgan fingerprint density at radius 3 is 2.43 bits per heavy atom. The van der Waals surface area contributed by atoms with Gasteiger partial charge in [-0.05, 0) is 44.2 Å². The molecule has 7 heteroatoms. The molecule has 0 amide bonds. The van der Waals surface area contributed by atoms with Crippen molar-refractivity contribution in [3.05, 3.63) is 24.3 Å².